The lowest BCUT2D eigenvalue weighted by Crippen LogP contribution is -2.16. The van der Waals surface area contributed by atoms with Gasteiger partial charge in [0.25, 0.3) is 5.91 Å². The maximum Gasteiger partial charge on any atom is 0.416 e. The van der Waals surface area contributed by atoms with Gasteiger partial charge in [-0.2, -0.15) is 13.2 Å². The van der Waals surface area contributed by atoms with Crippen molar-refractivity contribution in [2.75, 3.05) is 17.7 Å². The molecule has 0 bridgehead atoms. The minimum absolute atomic E-state index is 0.0408. The summed E-state index contributed by atoms with van der Waals surface area (Å²) in [6.45, 7) is 0. The van der Waals surface area contributed by atoms with E-state index in [4.69, 9.17) is 11.6 Å². The SMILES string of the molecule is CNc1c(Br)cc(C(F)(F)F)cc1NC(=O)c1ncccc1Cl. The second kappa shape index (κ2) is 6.76. The summed E-state index contributed by atoms with van der Waals surface area (Å²) in [5.41, 5.74) is -0.713. The Morgan fingerprint density at radius 2 is 2.04 bits per heavy atom. The van der Waals surface area contributed by atoms with Gasteiger partial charge in [0.05, 0.1) is 22.0 Å². The number of nitrogens with zero attached hydrogens (tertiary/aromatic N) is 1. The number of amides is 1. The van der Waals surface area contributed by atoms with Crippen molar-refractivity contribution in [3.63, 3.8) is 0 Å². The summed E-state index contributed by atoms with van der Waals surface area (Å²) in [7, 11) is 1.52. The molecule has 0 aliphatic rings. The van der Waals surface area contributed by atoms with Crippen molar-refractivity contribution in [1.82, 2.24) is 4.98 Å². The molecule has 0 saturated carbocycles. The van der Waals surface area contributed by atoms with Crippen LogP contribution in [0.5, 0.6) is 0 Å². The summed E-state index contributed by atoms with van der Waals surface area (Å²) in [5, 5.41) is 5.22. The van der Waals surface area contributed by atoms with Crippen LogP contribution in [0.3, 0.4) is 0 Å². The zero-order valence-electron chi connectivity index (χ0n) is 11.6. The number of alkyl halides is 3. The standard InChI is InChI=1S/C14H10BrClF3N3O/c1-20-11-8(15)5-7(14(17,18)19)6-10(11)22-13(23)12-9(16)3-2-4-21-12/h2-6,20H,1H3,(H,22,23). The molecule has 1 heterocycles. The first-order valence-corrected chi connectivity index (χ1v) is 7.41. The summed E-state index contributed by atoms with van der Waals surface area (Å²) >= 11 is 8.92. The normalized spacial score (nSPS) is 11.2. The number of carbonyl (C=O) groups is 1. The van der Waals surface area contributed by atoms with E-state index >= 15 is 0 Å². The number of hydrogen-bond donors (Lipinski definition) is 2. The van der Waals surface area contributed by atoms with Gasteiger partial charge in [0.15, 0.2) is 0 Å². The molecule has 23 heavy (non-hydrogen) atoms. The Hall–Kier alpha value is -1.80. The predicted molar refractivity (Wildman–Crippen MR) is 85.9 cm³/mol. The van der Waals surface area contributed by atoms with Gasteiger partial charge < -0.3 is 10.6 Å². The third-order valence-electron chi connectivity index (χ3n) is 2.89. The highest BCUT2D eigenvalue weighted by Gasteiger charge is 2.32. The van der Waals surface area contributed by atoms with Crippen LogP contribution in [0.15, 0.2) is 34.9 Å². The third kappa shape index (κ3) is 3.94. The van der Waals surface area contributed by atoms with E-state index in [0.717, 1.165) is 12.1 Å². The Kier molecular flexibility index (Phi) is 5.16. The van der Waals surface area contributed by atoms with Gasteiger partial charge in [-0.25, -0.2) is 4.98 Å². The molecular formula is C14H10BrClF3N3O. The molecular weight excluding hydrogens is 399 g/mol. The van der Waals surface area contributed by atoms with Crippen molar-refractivity contribution in [3.8, 4) is 0 Å². The minimum Gasteiger partial charge on any atom is -0.386 e. The number of aromatic nitrogens is 1. The Morgan fingerprint density at radius 3 is 2.61 bits per heavy atom. The summed E-state index contributed by atoms with van der Waals surface area (Å²) < 4.78 is 38.9. The molecule has 0 saturated heterocycles. The number of benzene rings is 1. The molecule has 9 heteroatoms. The molecule has 0 fully saturated rings. The van der Waals surface area contributed by atoms with Gasteiger partial charge >= 0.3 is 6.18 Å². The number of anilines is 2. The van der Waals surface area contributed by atoms with Crippen molar-refractivity contribution < 1.29 is 18.0 Å². The van der Waals surface area contributed by atoms with E-state index in [1.54, 1.807) is 6.07 Å². The average molecular weight is 409 g/mol. The van der Waals surface area contributed by atoms with Crippen LogP contribution in [0, 0.1) is 0 Å². The van der Waals surface area contributed by atoms with Crippen LogP contribution in [0.4, 0.5) is 24.5 Å². The first kappa shape index (κ1) is 17.6. The average Bonchev–Trinajstić information content (AvgIpc) is 2.46. The van der Waals surface area contributed by atoms with E-state index in [9.17, 15) is 18.0 Å². The maximum absolute atomic E-state index is 12.9. The summed E-state index contributed by atoms with van der Waals surface area (Å²) in [6, 6.07) is 4.77. The lowest BCUT2D eigenvalue weighted by Gasteiger charge is -2.16. The maximum atomic E-state index is 12.9. The Labute approximate surface area is 143 Å². The molecule has 1 amide bonds. The number of pyridine rings is 1. The van der Waals surface area contributed by atoms with Crippen LogP contribution >= 0.6 is 27.5 Å². The lowest BCUT2D eigenvalue weighted by atomic mass is 10.1. The van der Waals surface area contributed by atoms with E-state index < -0.39 is 17.6 Å². The van der Waals surface area contributed by atoms with Crippen molar-refractivity contribution >= 4 is 44.8 Å². The highest BCUT2D eigenvalue weighted by molar-refractivity contribution is 9.10. The Balaban J connectivity index is 2.44. The predicted octanol–water partition coefficient (Wildman–Crippen LogP) is 4.81. The van der Waals surface area contributed by atoms with Gasteiger partial charge in [0, 0.05) is 17.7 Å². The number of carbonyl (C=O) groups excluding carboxylic acids is 1. The molecule has 2 rings (SSSR count). The van der Waals surface area contributed by atoms with E-state index in [1.807, 2.05) is 0 Å². The smallest absolute Gasteiger partial charge is 0.386 e. The number of nitrogens with one attached hydrogen (secondary N) is 2. The monoisotopic (exact) mass is 407 g/mol. The Morgan fingerprint density at radius 1 is 1.35 bits per heavy atom. The molecule has 1 aromatic heterocycles. The second-order valence-electron chi connectivity index (χ2n) is 4.42. The lowest BCUT2D eigenvalue weighted by molar-refractivity contribution is -0.137. The molecule has 122 valence electrons. The first-order chi connectivity index (χ1) is 10.7. The highest BCUT2D eigenvalue weighted by atomic mass is 79.9. The van der Waals surface area contributed by atoms with Crippen molar-refractivity contribution in [3.05, 3.63) is 51.2 Å². The van der Waals surface area contributed by atoms with Gasteiger partial charge in [-0.3, -0.25) is 4.79 Å². The van der Waals surface area contributed by atoms with Crippen LogP contribution in [0.25, 0.3) is 0 Å². The fourth-order valence-electron chi connectivity index (χ4n) is 1.86. The molecule has 0 aliphatic heterocycles. The topological polar surface area (TPSA) is 54.0 Å². The summed E-state index contributed by atoms with van der Waals surface area (Å²) in [4.78, 5) is 16.0. The fraction of sp³-hybridized carbons (Fsp3) is 0.143. The van der Waals surface area contributed by atoms with E-state index in [2.05, 4.69) is 31.5 Å². The quantitative estimate of drug-likeness (QED) is 0.766. The molecule has 2 N–H and O–H groups in total. The zero-order chi connectivity index (χ0) is 17.2. The van der Waals surface area contributed by atoms with Gasteiger partial charge in [-0.05, 0) is 40.2 Å². The number of hydrogen-bond acceptors (Lipinski definition) is 3. The van der Waals surface area contributed by atoms with Crippen molar-refractivity contribution in [2.24, 2.45) is 0 Å². The molecule has 4 nitrogen and oxygen atoms in total. The molecule has 0 aliphatic carbocycles. The summed E-state index contributed by atoms with van der Waals surface area (Å²) in [6.07, 6.45) is -3.18. The Bertz CT molecular complexity index is 753. The second-order valence-corrected chi connectivity index (χ2v) is 5.68. The van der Waals surface area contributed by atoms with Crippen molar-refractivity contribution in [1.29, 1.82) is 0 Å². The van der Waals surface area contributed by atoms with Crippen LogP contribution in [0.2, 0.25) is 5.02 Å². The van der Waals surface area contributed by atoms with E-state index in [1.165, 1.54) is 19.3 Å². The number of rotatable bonds is 3. The third-order valence-corrected chi connectivity index (χ3v) is 3.82. The van der Waals surface area contributed by atoms with Gasteiger partial charge in [0.1, 0.15) is 5.69 Å². The molecule has 0 spiro atoms. The van der Waals surface area contributed by atoms with Gasteiger partial charge in [0.2, 0.25) is 0 Å². The van der Waals surface area contributed by atoms with Crippen LogP contribution in [-0.4, -0.2) is 17.9 Å². The molecule has 1 aromatic carbocycles. The molecule has 0 atom stereocenters. The molecule has 0 unspecified atom stereocenters. The fourth-order valence-corrected chi connectivity index (χ4v) is 2.72. The van der Waals surface area contributed by atoms with Crippen LogP contribution in [-0.2, 0) is 6.18 Å². The van der Waals surface area contributed by atoms with Crippen molar-refractivity contribution in [2.45, 2.75) is 6.18 Å². The van der Waals surface area contributed by atoms with Gasteiger partial charge in [-0.1, -0.05) is 11.6 Å². The zero-order valence-corrected chi connectivity index (χ0v) is 14.0. The largest absolute Gasteiger partial charge is 0.416 e. The highest BCUT2D eigenvalue weighted by Crippen LogP contribution is 2.39. The van der Waals surface area contributed by atoms with Crippen LogP contribution < -0.4 is 10.6 Å². The van der Waals surface area contributed by atoms with E-state index in [-0.39, 0.29) is 20.9 Å². The number of halogens is 5. The van der Waals surface area contributed by atoms with Crippen LogP contribution in [0.1, 0.15) is 16.1 Å². The van der Waals surface area contributed by atoms with E-state index in [0.29, 0.717) is 5.69 Å². The molecule has 2 aromatic rings. The first-order valence-electron chi connectivity index (χ1n) is 6.24. The molecule has 0 radical (unpaired) electrons. The van der Waals surface area contributed by atoms with Gasteiger partial charge in [-0.15, -0.1) is 0 Å². The summed E-state index contributed by atoms with van der Waals surface area (Å²) in [5.74, 6) is -0.710. The minimum atomic E-state index is -4.54.